The van der Waals surface area contributed by atoms with Crippen LogP contribution in [0.5, 0.6) is 0 Å². The summed E-state index contributed by atoms with van der Waals surface area (Å²) in [4.78, 5) is 4.23. The molecule has 0 saturated heterocycles. The lowest BCUT2D eigenvalue weighted by Gasteiger charge is -2.11. The summed E-state index contributed by atoms with van der Waals surface area (Å²) < 4.78 is 1.03. The van der Waals surface area contributed by atoms with Crippen LogP contribution in [0, 0.1) is 10.5 Å². The first kappa shape index (κ1) is 12.4. The van der Waals surface area contributed by atoms with Crippen molar-refractivity contribution in [3.8, 4) is 0 Å². The molecular formula is C12H11ClIN3. The maximum absolute atomic E-state index is 5.96. The van der Waals surface area contributed by atoms with E-state index in [1.54, 1.807) is 6.20 Å². The Morgan fingerprint density at radius 1 is 1.35 bits per heavy atom. The number of benzene rings is 1. The SMILES string of the molecule is Cc1ccnc(Nc2ccc(Cl)cc2I)c1N. The van der Waals surface area contributed by atoms with E-state index >= 15 is 0 Å². The van der Waals surface area contributed by atoms with Gasteiger partial charge in [-0.25, -0.2) is 4.98 Å². The zero-order valence-corrected chi connectivity index (χ0v) is 12.1. The third-order valence-corrected chi connectivity index (χ3v) is 3.52. The number of halogens is 2. The second kappa shape index (κ2) is 5.10. The number of aryl methyl sites for hydroxylation is 1. The van der Waals surface area contributed by atoms with E-state index in [1.165, 1.54) is 0 Å². The van der Waals surface area contributed by atoms with Crippen LogP contribution in [-0.2, 0) is 0 Å². The molecule has 17 heavy (non-hydrogen) atoms. The van der Waals surface area contributed by atoms with Crippen LogP contribution >= 0.6 is 34.2 Å². The third-order valence-electron chi connectivity index (χ3n) is 2.39. The molecule has 0 saturated carbocycles. The van der Waals surface area contributed by atoms with E-state index in [0.717, 1.165) is 14.8 Å². The quantitative estimate of drug-likeness (QED) is 0.798. The molecule has 0 unspecified atom stereocenters. The van der Waals surface area contributed by atoms with Gasteiger partial charge in [0.2, 0.25) is 0 Å². The normalized spacial score (nSPS) is 10.3. The number of anilines is 3. The molecule has 1 aromatic carbocycles. The highest BCUT2D eigenvalue weighted by Gasteiger charge is 2.06. The predicted octanol–water partition coefficient (Wildman–Crippen LogP) is 3.97. The van der Waals surface area contributed by atoms with Crippen LogP contribution in [0.2, 0.25) is 5.02 Å². The Labute approximate surface area is 119 Å². The summed E-state index contributed by atoms with van der Waals surface area (Å²) in [5.41, 5.74) is 8.57. The highest BCUT2D eigenvalue weighted by atomic mass is 127. The minimum atomic E-state index is 0.665. The van der Waals surface area contributed by atoms with E-state index in [2.05, 4.69) is 32.9 Å². The fraction of sp³-hybridized carbons (Fsp3) is 0.0833. The van der Waals surface area contributed by atoms with Crippen LogP contribution in [0.1, 0.15) is 5.56 Å². The third kappa shape index (κ3) is 2.81. The second-order valence-electron chi connectivity index (χ2n) is 3.64. The molecule has 3 N–H and O–H groups in total. The number of nitrogen functional groups attached to an aromatic ring is 1. The minimum Gasteiger partial charge on any atom is -0.396 e. The molecule has 2 rings (SSSR count). The molecule has 1 heterocycles. The number of nitrogens with two attached hydrogens (primary N) is 1. The van der Waals surface area contributed by atoms with Crippen molar-refractivity contribution in [1.29, 1.82) is 0 Å². The number of hydrogen-bond acceptors (Lipinski definition) is 3. The minimum absolute atomic E-state index is 0.665. The summed E-state index contributed by atoms with van der Waals surface area (Å²) in [7, 11) is 0. The average Bonchev–Trinajstić information content (AvgIpc) is 2.28. The van der Waals surface area contributed by atoms with Crippen molar-refractivity contribution in [3.05, 3.63) is 44.6 Å². The van der Waals surface area contributed by atoms with Gasteiger partial charge in [-0.2, -0.15) is 0 Å². The van der Waals surface area contributed by atoms with Crippen LogP contribution in [-0.4, -0.2) is 4.98 Å². The number of rotatable bonds is 2. The molecule has 0 fully saturated rings. The molecule has 0 aliphatic carbocycles. The van der Waals surface area contributed by atoms with E-state index in [9.17, 15) is 0 Å². The lowest BCUT2D eigenvalue weighted by atomic mass is 10.2. The first-order valence-corrected chi connectivity index (χ1v) is 6.47. The van der Waals surface area contributed by atoms with Crippen LogP contribution in [0.4, 0.5) is 17.2 Å². The molecule has 5 heteroatoms. The highest BCUT2D eigenvalue weighted by Crippen LogP contribution is 2.28. The maximum atomic E-state index is 5.96. The van der Waals surface area contributed by atoms with Gasteiger partial charge in [0.1, 0.15) is 0 Å². The Hall–Kier alpha value is -1.01. The van der Waals surface area contributed by atoms with Gasteiger partial charge in [-0.05, 0) is 59.3 Å². The Morgan fingerprint density at radius 3 is 2.82 bits per heavy atom. The molecule has 88 valence electrons. The Bertz CT molecular complexity index is 557. The Balaban J connectivity index is 2.35. The summed E-state index contributed by atoms with van der Waals surface area (Å²) >= 11 is 8.12. The molecule has 0 aliphatic heterocycles. The standard InChI is InChI=1S/C12H11ClIN3/c1-7-4-5-16-12(11(7)15)17-10-3-2-8(13)6-9(10)14/h2-6H,15H2,1H3,(H,16,17). The van der Waals surface area contributed by atoms with E-state index < -0.39 is 0 Å². The van der Waals surface area contributed by atoms with E-state index in [-0.39, 0.29) is 0 Å². The van der Waals surface area contributed by atoms with Crippen molar-refractivity contribution in [2.24, 2.45) is 0 Å². The fourth-order valence-electron chi connectivity index (χ4n) is 1.39. The van der Waals surface area contributed by atoms with Crippen LogP contribution in [0.25, 0.3) is 0 Å². The summed E-state index contributed by atoms with van der Waals surface area (Å²) in [6, 6.07) is 7.51. The highest BCUT2D eigenvalue weighted by molar-refractivity contribution is 14.1. The van der Waals surface area contributed by atoms with Gasteiger partial charge in [0, 0.05) is 14.8 Å². The molecule has 3 nitrogen and oxygen atoms in total. The van der Waals surface area contributed by atoms with Gasteiger partial charge >= 0.3 is 0 Å². The predicted molar refractivity (Wildman–Crippen MR) is 80.8 cm³/mol. The van der Waals surface area contributed by atoms with Gasteiger partial charge in [0.25, 0.3) is 0 Å². The molecule has 0 aliphatic rings. The average molecular weight is 360 g/mol. The van der Waals surface area contributed by atoms with Crippen molar-refractivity contribution in [1.82, 2.24) is 4.98 Å². The summed E-state index contributed by atoms with van der Waals surface area (Å²) in [6.07, 6.45) is 1.73. The monoisotopic (exact) mass is 359 g/mol. The van der Waals surface area contributed by atoms with Gasteiger partial charge in [-0.15, -0.1) is 0 Å². The van der Waals surface area contributed by atoms with E-state index in [4.69, 9.17) is 17.3 Å². The van der Waals surface area contributed by atoms with Crippen LogP contribution < -0.4 is 11.1 Å². The van der Waals surface area contributed by atoms with Crippen molar-refractivity contribution in [2.45, 2.75) is 6.92 Å². The zero-order valence-electron chi connectivity index (χ0n) is 9.17. The summed E-state index contributed by atoms with van der Waals surface area (Å²) in [6.45, 7) is 1.95. The van der Waals surface area contributed by atoms with Crippen molar-refractivity contribution in [2.75, 3.05) is 11.1 Å². The smallest absolute Gasteiger partial charge is 0.153 e. The Kier molecular flexibility index (Phi) is 3.73. The summed E-state index contributed by atoms with van der Waals surface area (Å²) in [5.74, 6) is 0.672. The number of hydrogen-bond donors (Lipinski definition) is 2. The van der Waals surface area contributed by atoms with Gasteiger partial charge in [0.15, 0.2) is 5.82 Å². The van der Waals surface area contributed by atoms with E-state index in [0.29, 0.717) is 16.5 Å². The zero-order chi connectivity index (χ0) is 12.4. The van der Waals surface area contributed by atoms with Crippen LogP contribution in [0.3, 0.4) is 0 Å². The first-order chi connectivity index (χ1) is 8.08. The molecule has 0 bridgehead atoms. The first-order valence-electron chi connectivity index (χ1n) is 5.01. The van der Waals surface area contributed by atoms with Gasteiger partial charge in [-0.1, -0.05) is 11.6 Å². The second-order valence-corrected chi connectivity index (χ2v) is 5.24. The molecule has 0 amide bonds. The molecule has 0 spiro atoms. The lowest BCUT2D eigenvalue weighted by molar-refractivity contribution is 1.27. The molecular weight excluding hydrogens is 349 g/mol. The molecule has 2 aromatic rings. The topological polar surface area (TPSA) is 50.9 Å². The number of pyridine rings is 1. The molecule has 0 radical (unpaired) electrons. The number of nitrogens with zero attached hydrogens (tertiary/aromatic N) is 1. The van der Waals surface area contributed by atoms with Gasteiger partial charge in [0.05, 0.1) is 11.4 Å². The number of nitrogens with one attached hydrogen (secondary N) is 1. The van der Waals surface area contributed by atoms with E-state index in [1.807, 2.05) is 31.2 Å². The lowest BCUT2D eigenvalue weighted by Crippen LogP contribution is -2.01. The Morgan fingerprint density at radius 2 is 2.12 bits per heavy atom. The van der Waals surface area contributed by atoms with Gasteiger partial charge < -0.3 is 11.1 Å². The van der Waals surface area contributed by atoms with Crippen LogP contribution in [0.15, 0.2) is 30.5 Å². The maximum Gasteiger partial charge on any atom is 0.153 e. The number of aromatic nitrogens is 1. The largest absolute Gasteiger partial charge is 0.396 e. The van der Waals surface area contributed by atoms with Crippen molar-refractivity contribution < 1.29 is 0 Å². The summed E-state index contributed by atoms with van der Waals surface area (Å²) in [5, 5.41) is 3.92. The van der Waals surface area contributed by atoms with Crippen molar-refractivity contribution >= 4 is 51.4 Å². The van der Waals surface area contributed by atoms with Crippen molar-refractivity contribution in [3.63, 3.8) is 0 Å². The van der Waals surface area contributed by atoms with Gasteiger partial charge in [-0.3, -0.25) is 0 Å². The fourth-order valence-corrected chi connectivity index (χ4v) is 2.39. The molecule has 0 atom stereocenters. The molecule has 1 aromatic heterocycles.